The van der Waals surface area contributed by atoms with Crippen molar-refractivity contribution in [3.8, 4) is 0 Å². The van der Waals surface area contributed by atoms with Crippen LogP contribution in [0.3, 0.4) is 0 Å². The molecule has 0 saturated carbocycles. The molecule has 0 spiro atoms. The van der Waals surface area contributed by atoms with Crippen molar-refractivity contribution in [1.82, 2.24) is 10.6 Å². The molecule has 1 amide bonds. The van der Waals surface area contributed by atoms with E-state index >= 15 is 0 Å². The third kappa shape index (κ3) is 29.6. The summed E-state index contributed by atoms with van der Waals surface area (Å²) in [6, 6.07) is 0. The van der Waals surface area contributed by atoms with Gasteiger partial charge in [0.25, 0.3) is 0 Å². The number of nitrogens with one attached hydrogen (secondary N) is 2. The lowest BCUT2D eigenvalue weighted by Crippen LogP contribution is -2.19. The van der Waals surface area contributed by atoms with Crippen LogP contribution < -0.4 is 10.6 Å². The maximum Gasteiger partial charge on any atom is 0.207 e. The minimum Gasteiger partial charge on any atom is -0.379 e. The first kappa shape index (κ1) is 24.2. The van der Waals surface area contributed by atoms with Gasteiger partial charge in [0.2, 0.25) is 6.41 Å². The molecule has 0 aliphatic carbocycles. The van der Waals surface area contributed by atoms with Crippen LogP contribution >= 0.6 is 0 Å². The van der Waals surface area contributed by atoms with E-state index in [1.165, 1.54) is 6.92 Å². The number of ether oxygens (including phenoxy) is 4. The zero-order valence-electron chi connectivity index (χ0n) is 14.6. The molecule has 0 heterocycles. The Morgan fingerprint density at radius 3 is 2.00 bits per heavy atom. The second kappa shape index (κ2) is 23.2. The Morgan fingerprint density at radius 2 is 1.48 bits per heavy atom. The highest BCUT2D eigenvalue weighted by Crippen LogP contribution is 1.79. The summed E-state index contributed by atoms with van der Waals surface area (Å²) in [6.45, 7) is 9.24. The van der Waals surface area contributed by atoms with Gasteiger partial charge in [-0.3, -0.25) is 9.59 Å². The van der Waals surface area contributed by atoms with Crippen LogP contribution in [0.25, 0.3) is 0 Å². The second-order valence-corrected chi connectivity index (χ2v) is 4.35. The normalized spacial score (nSPS) is 9.87. The third-order valence-electron chi connectivity index (χ3n) is 2.22. The van der Waals surface area contributed by atoms with E-state index in [9.17, 15) is 9.59 Å². The molecule has 0 aliphatic rings. The molecule has 0 aliphatic heterocycles. The lowest BCUT2D eigenvalue weighted by atomic mass is 10.5. The summed E-state index contributed by atoms with van der Waals surface area (Å²) in [7, 11) is 1.91. The highest BCUT2D eigenvalue weighted by molar-refractivity contribution is 5.76. The molecule has 0 bridgehead atoms. The molecule has 0 unspecified atom stereocenters. The lowest BCUT2D eigenvalue weighted by molar-refractivity contribution is -0.122. The standard InChI is InChI=1S/C8H15NO4.C7H17NO2/c1-8(11)6-13-5-4-12-3-2-9-7-10;1-3-9-6-7-10-5-4-8-2/h7H,2-6H2,1H3,(H,9,10);8H,3-7H2,1-2H3. The molecule has 0 atom stereocenters. The zero-order valence-corrected chi connectivity index (χ0v) is 14.6. The van der Waals surface area contributed by atoms with Crippen LogP contribution in [-0.2, 0) is 28.5 Å². The molecular weight excluding hydrogens is 304 g/mol. The first-order valence-electron chi connectivity index (χ1n) is 7.81. The maximum atomic E-state index is 10.4. The van der Waals surface area contributed by atoms with Crippen LogP contribution in [0.15, 0.2) is 0 Å². The summed E-state index contributed by atoms with van der Waals surface area (Å²) in [5.41, 5.74) is 0. The van der Waals surface area contributed by atoms with Gasteiger partial charge in [-0.25, -0.2) is 0 Å². The van der Waals surface area contributed by atoms with Crippen molar-refractivity contribution in [2.24, 2.45) is 0 Å². The van der Waals surface area contributed by atoms with Crippen molar-refractivity contribution < 1.29 is 28.5 Å². The highest BCUT2D eigenvalue weighted by atomic mass is 16.5. The first-order chi connectivity index (χ1) is 11.2. The maximum absolute atomic E-state index is 10.4. The lowest BCUT2D eigenvalue weighted by Gasteiger charge is -2.03. The first-order valence-corrected chi connectivity index (χ1v) is 7.81. The summed E-state index contributed by atoms with van der Waals surface area (Å²) in [5, 5.41) is 5.45. The molecule has 0 rings (SSSR count). The number of ketones is 1. The van der Waals surface area contributed by atoms with Crippen LogP contribution in [0.1, 0.15) is 13.8 Å². The summed E-state index contributed by atoms with van der Waals surface area (Å²) in [5.74, 6) is 0.00243. The molecule has 8 nitrogen and oxygen atoms in total. The van der Waals surface area contributed by atoms with Crippen LogP contribution in [0.2, 0.25) is 0 Å². The largest absolute Gasteiger partial charge is 0.379 e. The number of likely N-dealkylation sites (N-methyl/N-ethyl adjacent to an activating group) is 1. The van der Waals surface area contributed by atoms with Gasteiger partial charge in [0.05, 0.1) is 39.6 Å². The van der Waals surface area contributed by atoms with Gasteiger partial charge in [-0.15, -0.1) is 0 Å². The van der Waals surface area contributed by atoms with E-state index in [2.05, 4.69) is 10.6 Å². The molecule has 0 saturated heterocycles. The Labute approximate surface area is 139 Å². The topological polar surface area (TPSA) is 95.1 Å². The Hall–Kier alpha value is -1.06. The molecule has 0 aromatic carbocycles. The van der Waals surface area contributed by atoms with E-state index < -0.39 is 0 Å². The molecular formula is C15H32N2O6. The Bertz CT molecular complexity index is 246. The quantitative estimate of drug-likeness (QED) is 0.293. The van der Waals surface area contributed by atoms with Gasteiger partial charge < -0.3 is 29.6 Å². The van der Waals surface area contributed by atoms with E-state index in [1.54, 1.807) is 0 Å². The summed E-state index contributed by atoms with van der Waals surface area (Å²) < 4.78 is 20.3. The predicted octanol–water partition coefficient (Wildman–Crippen LogP) is -0.386. The van der Waals surface area contributed by atoms with E-state index in [-0.39, 0.29) is 12.4 Å². The summed E-state index contributed by atoms with van der Waals surface area (Å²) in [6.07, 6.45) is 0.621. The zero-order chi connectivity index (χ0) is 17.6. The molecule has 0 fully saturated rings. The summed E-state index contributed by atoms with van der Waals surface area (Å²) in [4.78, 5) is 20.2. The Kier molecular flexibility index (Phi) is 24.4. The number of Topliss-reactive ketones (excluding diaryl/α,β-unsaturated/α-hetero) is 1. The minimum absolute atomic E-state index is 0.00243. The second-order valence-electron chi connectivity index (χ2n) is 4.35. The number of hydrogen-bond donors (Lipinski definition) is 2. The van der Waals surface area contributed by atoms with Crippen LogP contribution in [-0.4, -0.2) is 85.2 Å². The summed E-state index contributed by atoms with van der Waals surface area (Å²) >= 11 is 0. The SMILES string of the molecule is CC(=O)COCCOCCNC=O.CCOCCOCCNC. The molecule has 0 aromatic rings. The van der Waals surface area contributed by atoms with Crippen LogP contribution in [0.4, 0.5) is 0 Å². The van der Waals surface area contributed by atoms with Crippen LogP contribution in [0.5, 0.6) is 0 Å². The average molecular weight is 336 g/mol. The molecule has 0 aromatic heterocycles. The molecule has 23 heavy (non-hydrogen) atoms. The van der Waals surface area contributed by atoms with Gasteiger partial charge in [0, 0.05) is 19.7 Å². The van der Waals surface area contributed by atoms with Gasteiger partial charge in [-0.2, -0.15) is 0 Å². The molecule has 138 valence electrons. The van der Waals surface area contributed by atoms with E-state index in [4.69, 9.17) is 18.9 Å². The van der Waals surface area contributed by atoms with E-state index in [1.807, 2.05) is 14.0 Å². The number of rotatable bonds is 16. The molecule has 0 radical (unpaired) electrons. The van der Waals surface area contributed by atoms with Gasteiger partial charge >= 0.3 is 0 Å². The fourth-order valence-corrected chi connectivity index (χ4v) is 1.16. The van der Waals surface area contributed by atoms with Gasteiger partial charge in [0.1, 0.15) is 6.61 Å². The predicted molar refractivity (Wildman–Crippen MR) is 87.6 cm³/mol. The molecule has 2 N–H and O–H groups in total. The fourth-order valence-electron chi connectivity index (χ4n) is 1.16. The average Bonchev–Trinajstić information content (AvgIpc) is 2.54. The van der Waals surface area contributed by atoms with E-state index in [0.717, 1.165) is 19.8 Å². The smallest absolute Gasteiger partial charge is 0.207 e. The number of carbonyl (C=O) groups excluding carboxylic acids is 2. The monoisotopic (exact) mass is 336 g/mol. The third-order valence-corrected chi connectivity index (χ3v) is 2.22. The number of amides is 1. The van der Waals surface area contributed by atoms with Crippen molar-refractivity contribution in [3.63, 3.8) is 0 Å². The fraction of sp³-hybridized carbons (Fsp3) is 0.867. The van der Waals surface area contributed by atoms with Crippen LogP contribution in [0, 0.1) is 0 Å². The minimum atomic E-state index is 0.00243. The number of carbonyl (C=O) groups is 2. The van der Waals surface area contributed by atoms with Crippen molar-refractivity contribution in [2.45, 2.75) is 13.8 Å². The van der Waals surface area contributed by atoms with Crippen molar-refractivity contribution in [1.29, 1.82) is 0 Å². The Balaban J connectivity index is 0. The Morgan fingerprint density at radius 1 is 0.913 bits per heavy atom. The van der Waals surface area contributed by atoms with Gasteiger partial charge in [0.15, 0.2) is 5.78 Å². The van der Waals surface area contributed by atoms with Gasteiger partial charge in [-0.1, -0.05) is 0 Å². The van der Waals surface area contributed by atoms with E-state index in [0.29, 0.717) is 46.0 Å². The number of hydrogen-bond acceptors (Lipinski definition) is 7. The van der Waals surface area contributed by atoms with Crippen molar-refractivity contribution in [2.75, 3.05) is 73.0 Å². The molecule has 8 heteroatoms. The highest BCUT2D eigenvalue weighted by Gasteiger charge is 1.92. The van der Waals surface area contributed by atoms with Crippen molar-refractivity contribution >= 4 is 12.2 Å². The van der Waals surface area contributed by atoms with Gasteiger partial charge in [-0.05, 0) is 20.9 Å². The van der Waals surface area contributed by atoms with Crippen molar-refractivity contribution in [3.05, 3.63) is 0 Å².